The van der Waals surface area contributed by atoms with E-state index >= 15 is 0 Å². The van der Waals surface area contributed by atoms with E-state index in [9.17, 15) is 9.59 Å². The Kier molecular flexibility index (Phi) is 4.88. The number of fused-ring (bicyclic) bond motifs is 1. The molecule has 1 N–H and O–H groups in total. The van der Waals surface area contributed by atoms with Gasteiger partial charge in [-0.05, 0) is 30.5 Å². The Morgan fingerprint density at radius 3 is 2.64 bits per heavy atom. The van der Waals surface area contributed by atoms with Gasteiger partial charge in [-0.25, -0.2) is 0 Å². The van der Waals surface area contributed by atoms with Crippen LogP contribution in [-0.4, -0.2) is 43.0 Å². The molecule has 0 radical (unpaired) electrons. The van der Waals surface area contributed by atoms with Crippen LogP contribution in [0.4, 0.5) is 0 Å². The number of rotatable bonds is 3. The predicted octanol–water partition coefficient (Wildman–Crippen LogP) is 2.28. The van der Waals surface area contributed by atoms with Crippen LogP contribution in [0.2, 0.25) is 0 Å². The fraction of sp³-hybridized carbons (Fsp3) is 0.579. The average Bonchev–Trinajstić information content (AvgIpc) is 3.07. The van der Waals surface area contributed by atoms with Crippen LogP contribution in [0.15, 0.2) is 18.2 Å². The van der Waals surface area contributed by atoms with Gasteiger partial charge < -0.3 is 19.7 Å². The molecule has 1 unspecified atom stereocenters. The van der Waals surface area contributed by atoms with Crippen LogP contribution in [0, 0.1) is 5.41 Å². The molecule has 0 aromatic heterocycles. The zero-order valence-corrected chi connectivity index (χ0v) is 15.1. The van der Waals surface area contributed by atoms with Crippen LogP contribution in [0.3, 0.4) is 0 Å². The maximum Gasteiger partial charge on any atom is 0.242 e. The average molecular weight is 346 g/mol. The third-order valence-corrected chi connectivity index (χ3v) is 4.61. The van der Waals surface area contributed by atoms with E-state index in [-0.39, 0.29) is 24.4 Å². The largest absolute Gasteiger partial charge is 0.486 e. The molecule has 25 heavy (non-hydrogen) atoms. The lowest BCUT2D eigenvalue weighted by atomic mass is 9.96. The molecule has 1 aromatic rings. The molecule has 2 heterocycles. The van der Waals surface area contributed by atoms with E-state index in [2.05, 4.69) is 5.32 Å². The molecule has 0 bridgehead atoms. The number of hydrogen-bond donors (Lipinski definition) is 1. The lowest BCUT2D eigenvalue weighted by Crippen LogP contribution is -2.43. The highest BCUT2D eigenvalue weighted by Crippen LogP contribution is 2.38. The summed E-state index contributed by atoms with van der Waals surface area (Å²) in [6.07, 6.45) is 1.87. The van der Waals surface area contributed by atoms with E-state index in [0.29, 0.717) is 19.8 Å². The summed E-state index contributed by atoms with van der Waals surface area (Å²) < 4.78 is 11.2. The number of amides is 2. The topological polar surface area (TPSA) is 67.9 Å². The van der Waals surface area contributed by atoms with Crippen molar-refractivity contribution in [3.63, 3.8) is 0 Å². The molecule has 2 aliphatic rings. The standard InChI is InChI=1S/C19H26N2O4/c1-19(2,3)18(23)20-12-17(22)21-8-4-5-14(21)13-6-7-15-16(11-13)25-10-9-24-15/h6-7,11,14H,4-5,8-10,12H2,1-3H3,(H,20,23). The van der Waals surface area contributed by atoms with Gasteiger partial charge in [0.2, 0.25) is 11.8 Å². The molecular weight excluding hydrogens is 320 g/mol. The van der Waals surface area contributed by atoms with Gasteiger partial charge in [-0.15, -0.1) is 0 Å². The highest BCUT2D eigenvalue weighted by molar-refractivity contribution is 5.87. The Morgan fingerprint density at radius 2 is 1.92 bits per heavy atom. The van der Waals surface area contributed by atoms with Gasteiger partial charge in [0.1, 0.15) is 13.2 Å². The molecule has 0 saturated carbocycles. The Bertz CT molecular complexity index is 666. The Morgan fingerprint density at radius 1 is 1.20 bits per heavy atom. The van der Waals surface area contributed by atoms with E-state index in [4.69, 9.17) is 9.47 Å². The van der Waals surface area contributed by atoms with Gasteiger partial charge in [0, 0.05) is 12.0 Å². The highest BCUT2D eigenvalue weighted by atomic mass is 16.6. The van der Waals surface area contributed by atoms with Crippen molar-refractivity contribution in [3.05, 3.63) is 23.8 Å². The molecule has 2 aliphatic heterocycles. The van der Waals surface area contributed by atoms with Crippen molar-refractivity contribution in [2.24, 2.45) is 5.41 Å². The van der Waals surface area contributed by atoms with E-state index in [1.54, 1.807) is 0 Å². The molecular formula is C19H26N2O4. The van der Waals surface area contributed by atoms with Gasteiger partial charge in [0.05, 0.1) is 12.6 Å². The number of ether oxygens (including phenoxy) is 2. The van der Waals surface area contributed by atoms with Crippen LogP contribution in [0.1, 0.15) is 45.2 Å². The zero-order chi connectivity index (χ0) is 18.0. The second-order valence-corrected chi connectivity index (χ2v) is 7.58. The molecule has 0 spiro atoms. The molecule has 3 rings (SSSR count). The Hall–Kier alpha value is -2.24. The maximum absolute atomic E-state index is 12.6. The molecule has 1 aromatic carbocycles. The van der Waals surface area contributed by atoms with Crippen molar-refractivity contribution in [3.8, 4) is 11.5 Å². The zero-order valence-electron chi connectivity index (χ0n) is 15.1. The predicted molar refractivity (Wildman–Crippen MR) is 93.6 cm³/mol. The normalized spacial score (nSPS) is 19.6. The number of benzene rings is 1. The quantitative estimate of drug-likeness (QED) is 0.912. The smallest absolute Gasteiger partial charge is 0.242 e. The van der Waals surface area contributed by atoms with Gasteiger partial charge in [0.15, 0.2) is 11.5 Å². The van der Waals surface area contributed by atoms with Gasteiger partial charge in [0.25, 0.3) is 0 Å². The van der Waals surface area contributed by atoms with E-state index in [1.807, 2.05) is 43.9 Å². The second kappa shape index (κ2) is 6.94. The Balaban J connectivity index is 1.68. The van der Waals surface area contributed by atoms with Crippen LogP contribution < -0.4 is 14.8 Å². The first-order valence-corrected chi connectivity index (χ1v) is 8.83. The third-order valence-electron chi connectivity index (χ3n) is 4.61. The summed E-state index contributed by atoms with van der Waals surface area (Å²) in [4.78, 5) is 26.4. The van der Waals surface area contributed by atoms with E-state index in [1.165, 1.54) is 0 Å². The molecule has 0 aliphatic carbocycles. The minimum Gasteiger partial charge on any atom is -0.486 e. The Labute approximate surface area is 148 Å². The molecule has 1 saturated heterocycles. The lowest BCUT2D eigenvalue weighted by molar-refractivity contribution is -0.135. The summed E-state index contributed by atoms with van der Waals surface area (Å²) in [5.74, 6) is 1.33. The number of carbonyl (C=O) groups excluding carboxylic acids is 2. The van der Waals surface area contributed by atoms with Crippen molar-refractivity contribution in [1.29, 1.82) is 0 Å². The summed E-state index contributed by atoms with van der Waals surface area (Å²) in [5.41, 5.74) is 0.554. The SMILES string of the molecule is CC(C)(C)C(=O)NCC(=O)N1CCCC1c1ccc2c(c1)OCCO2. The fourth-order valence-electron chi connectivity index (χ4n) is 3.20. The second-order valence-electron chi connectivity index (χ2n) is 7.58. The highest BCUT2D eigenvalue weighted by Gasteiger charge is 2.31. The first kappa shape index (κ1) is 17.6. The van der Waals surface area contributed by atoms with Gasteiger partial charge in [-0.3, -0.25) is 9.59 Å². The molecule has 6 heteroatoms. The lowest BCUT2D eigenvalue weighted by Gasteiger charge is -2.27. The number of carbonyl (C=O) groups is 2. The van der Waals surface area contributed by atoms with Crippen molar-refractivity contribution >= 4 is 11.8 Å². The first-order chi connectivity index (χ1) is 11.9. The van der Waals surface area contributed by atoms with Crippen LogP contribution >= 0.6 is 0 Å². The maximum atomic E-state index is 12.6. The minimum absolute atomic E-state index is 0.0230. The van der Waals surface area contributed by atoms with Crippen molar-refractivity contribution in [2.75, 3.05) is 26.3 Å². The molecule has 1 atom stereocenters. The summed E-state index contributed by atoms with van der Waals surface area (Å²) in [7, 11) is 0. The summed E-state index contributed by atoms with van der Waals surface area (Å²) >= 11 is 0. The first-order valence-electron chi connectivity index (χ1n) is 8.83. The monoisotopic (exact) mass is 346 g/mol. The van der Waals surface area contributed by atoms with Crippen molar-refractivity contribution in [2.45, 2.75) is 39.7 Å². The fourth-order valence-corrected chi connectivity index (χ4v) is 3.20. The van der Waals surface area contributed by atoms with Gasteiger partial charge in [-0.1, -0.05) is 26.8 Å². The molecule has 136 valence electrons. The van der Waals surface area contributed by atoms with Gasteiger partial charge >= 0.3 is 0 Å². The summed E-state index contributed by atoms with van der Waals surface area (Å²) in [6.45, 7) is 7.36. The summed E-state index contributed by atoms with van der Waals surface area (Å²) in [5, 5.41) is 2.75. The number of nitrogens with one attached hydrogen (secondary N) is 1. The number of likely N-dealkylation sites (tertiary alicyclic amines) is 1. The number of hydrogen-bond acceptors (Lipinski definition) is 4. The third kappa shape index (κ3) is 3.89. The van der Waals surface area contributed by atoms with Gasteiger partial charge in [-0.2, -0.15) is 0 Å². The molecule has 2 amide bonds. The number of nitrogens with zero attached hydrogens (tertiary/aromatic N) is 1. The van der Waals surface area contributed by atoms with Crippen LogP contribution in [0.5, 0.6) is 11.5 Å². The van der Waals surface area contributed by atoms with E-state index in [0.717, 1.165) is 29.9 Å². The van der Waals surface area contributed by atoms with Crippen LogP contribution in [-0.2, 0) is 9.59 Å². The minimum atomic E-state index is -0.499. The van der Waals surface area contributed by atoms with E-state index < -0.39 is 5.41 Å². The van der Waals surface area contributed by atoms with Crippen molar-refractivity contribution in [1.82, 2.24) is 10.2 Å². The van der Waals surface area contributed by atoms with Crippen molar-refractivity contribution < 1.29 is 19.1 Å². The van der Waals surface area contributed by atoms with Crippen LogP contribution in [0.25, 0.3) is 0 Å². The molecule has 1 fully saturated rings. The molecule has 6 nitrogen and oxygen atoms in total. The summed E-state index contributed by atoms with van der Waals surface area (Å²) in [6, 6.07) is 5.90.